The lowest BCUT2D eigenvalue weighted by Crippen LogP contribution is -2.08. The number of rotatable bonds is 6. The summed E-state index contributed by atoms with van der Waals surface area (Å²) in [4.78, 5) is 5.35. The lowest BCUT2D eigenvalue weighted by molar-refractivity contribution is 0.811. The van der Waals surface area contributed by atoms with Gasteiger partial charge in [0.1, 0.15) is 5.82 Å². The molecule has 0 atom stereocenters. The first-order chi connectivity index (χ1) is 22.5. The molecule has 8 aromatic rings. The minimum atomic E-state index is 0.378. The SMILES string of the molecule is CC(C)c1cccc(C(C)C)c1-n1c(-c2cccc3c2sc2cc(-c4ccc(-c5ccccc5)cc4)ccc23)nc2ccccc21. The molecule has 2 aromatic heterocycles. The molecule has 0 amide bonds. The number of thiophene rings is 1. The van der Waals surface area contributed by atoms with Crippen LogP contribution >= 0.6 is 11.3 Å². The van der Waals surface area contributed by atoms with Crippen molar-refractivity contribution in [1.82, 2.24) is 9.55 Å². The van der Waals surface area contributed by atoms with Crippen molar-refractivity contribution >= 4 is 42.5 Å². The predicted octanol–water partition coefficient (Wildman–Crippen LogP) is 12.6. The predicted molar refractivity (Wildman–Crippen MR) is 198 cm³/mol. The van der Waals surface area contributed by atoms with Gasteiger partial charge in [0, 0.05) is 25.7 Å². The number of benzene rings is 6. The Labute approximate surface area is 274 Å². The first-order valence-corrected chi connectivity index (χ1v) is 17.0. The minimum absolute atomic E-state index is 0.378. The third-order valence-corrected chi connectivity index (χ3v) is 10.4. The molecule has 224 valence electrons. The number of nitrogens with zero attached hydrogens (tertiary/aromatic N) is 2. The molecule has 0 spiro atoms. The van der Waals surface area contributed by atoms with Crippen LogP contribution in [-0.4, -0.2) is 9.55 Å². The van der Waals surface area contributed by atoms with Crippen LogP contribution in [0.5, 0.6) is 0 Å². The molecule has 0 unspecified atom stereocenters. The minimum Gasteiger partial charge on any atom is -0.292 e. The molecule has 0 radical (unpaired) electrons. The van der Waals surface area contributed by atoms with Gasteiger partial charge >= 0.3 is 0 Å². The van der Waals surface area contributed by atoms with Gasteiger partial charge < -0.3 is 0 Å². The van der Waals surface area contributed by atoms with Crippen molar-refractivity contribution in [2.45, 2.75) is 39.5 Å². The van der Waals surface area contributed by atoms with E-state index in [9.17, 15) is 0 Å². The molecule has 2 nitrogen and oxygen atoms in total. The standard InChI is InChI=1S/C43H36N2S/c1-27(2)33-14-10-15-34(28(3)4)41(33)45-39-19-9-8-18-38(39)44-43(45)37-17-11-16-36-35-25-24-32(26-40(35)46-42(36)37)31-22-20-30(21-23-31)29-12-6-5-7-13-29/h5-28H,1-4H3. The maximum Gasteiger partial charge on any atom is 0.147 e. The summed E-state index contributed by atoms with van der Waals surface area (Å²) in [6.45, 7) is 9.17. The van der Waals surface area contributed by atoms with E-state index in [0.717, 1.165) is 16.9 Å². The summed E-state index contributed by atoms with van der Waals surface area (Å²) < 4.78 is 5.01. The Morgan fingerprint density at radius 3 is 1.87 bits per heavy atom. The summed E-state index contributed by atoms with van der Waals surface area (Å²) in [5, 5.41) is 2.57. The molecule has 46 heavy (non-hydrogen) atoms. The van der Waals surface area contributed by atoms with E-state index in [0.29, 0.717) is 11.8 Å². The van der Waals surface area contributed by atoms with Gasteiger partial charge in [0.15, 0.2) is 0 Å². The lowest BCUT2D eigenvalue weighted by Gasteiger charge is -2.22. The zero-order chi connectivity index (χ0) is 31.4. The van der Waals surface area contributed by atoms with Crippen molar-refractivity contribution in [3.05, 3.63) is 145 Å². The van der Waals surface area contributed by atoms with Crippen LogP contribution in [0, 0.1) is 0 Å². The number of hydrogen-bond donors (Lipinski definition) is 0. The van der Waals surface area contributed by atoms with E-state index >= 15 is 0 Å². The summed E-state index contributed by atoms with van der Waals surface area (Å²) in [7, 11) is 0. The Kier molecular flexibility index (Phi) is 7.07. The monoisotopic (exact) mass is 612 g/mol. The van der Waals surface area contributed by atoms with Crippen LogP contribution in [0.25, 0.3) is 70.5 Å². The van der Waals surface area contributed by atoms with Crippen LogP contribution in [0.3, 0.4) is 0 Å². The zero-order valence-corrected chi connectivity index (χ0v) is 27.5. The molecule has 3 heteroatoms. The molecule has 0 fully saturated rings. The van der Waals surface area contributed by atoms with Gasteiger partial charge in [0.05, 0.1) is 16.7 Å². The fraction of sp³-hybridized carbons (Fsp3) is 0.140. The van der Waals surface area contributed by atoms with Gasteiger partial charge in [-0.3, -0.25) is 4.57 Å². The van der Waals surface area contributed by atoms with E-state index in [1.165, 1.54) is 64.8 Å². The van der Waals surface area contributed by atoms with Crippen molar-refractivity contribution in [3.8, 4) is 39.3 Å². The highest BCUT2D eigenvalue weighted by Gasteiger charge is 2.23. The van der Waals surface area contributed by atoms with E-state index < -0.39 is 0 Å². The molecule has 8 rings (SSSR count). The average molecular weight is 613 g/mol. The number of imidazole rings is 1. The van der Waals surface area contributed by atoms with E-state index in [1.807, 2.05) is 11.3 Å². The van der Waals surface area contributed by atoms with Crippen LogP contribution in [0.15, 0.2) is 133 Å². The van der Waals surface area contributed by atoms with Gasteiger partial charge in [0.25, 0.3) is 0 Å². The number of aromatic nitrogens is 2. The van der Waals surface area contributed by atoms with Crippen molar-refractivity contribution < 1.29 is 0 Å². The highest BCUT2D eigenvalue weighted by Crippen LogP contribution is 2.44. The molecule has 0 aliphatic carbocycles. The van der Waals surface area contributed by atoms with Gasteiger partial charge in [-0.2, -0.15) is 0 Å². The Bertz CT molecular complexity index is 2330. The fourth-order valence-corrected chi connectivity index (χ4v) is 8.09. The summed E-state index contributed by atoms with van der Waals surface area (Å²) >= 11 is 1.87. The number of para-hydroxylation sites is 3. The van der Waals surface area contributed by atoms with E-state index in [-0.39, 0.29) is 0 Å². The Balaban J connectivity index is 1.31. The van der Waals surface area contributed by atoms with Crippen LogP contribution in [0.2, 0.25) is 0 Å². The third-order valence-electron chi connectivity index (χ3n) is 9.19. The Hall–Kier alpha value is -4.99. The topological polar surface area (TPSA) is 17.8 Å². The van der Waals surface area contributed by atoms with Crippen LogP contribution < -0.4 is 0 Å². The van der Waals surface area contributed by atoms with E-state index in [4.69, 9.17) is 4.98 Å². The largest absolute Gasteiger partial charge is 0.292 e. The molecule has 0 saturated heterocycles. The molecule has 0 aliphatic heterocycles. The van der Waals surface area contributed by atoms with Crippen molar-refractivity contribution in [3.63, 3.8) is 0 Å². The number of hydrogen-bond acceptors (Lipinski definition) is 2. The second kappa shape index (κ2) is 11.4. The highest BCUT2D eigenvalue weighted by molar-refractivity contribution is 7.26. The molecule has 6 aromatic carbocycles. The van der Waals surface area contributed by atoms with Gasteiger partial charge in [-0.25, -0.2) is 4.98 Å². The molecular weight excluding hydrogens is 577 g/mol. The first kappa shape index (κ1) is 28.5. The average Bonchev–Trinajstić information content (AvgIpc) is 3.66. The summed E-state index contributed by atoms with van der Waals surface area (Å²) in [5.41, 5.74) is 12.3. The molecule has 0 aliphatic rings. The van der Waals surface area contributed by atoms with Crippen LogP contribution in [-0.2, 0) is 0 Å². The summed E-state index contributed by atoms with van der Waals surface area (Å²) in [6, 6.07) is 48.5. The highest BCUT2D eigenvalue weighted by atomic mass is 32.1. The van der Waals surface area contributed by atoms with E-state index in [2.05, 4.69) is 166 Å². The Morgan fingerprint density at radius 1 is 0.543 bits per heavy atom. The Morgan fingerprint density at radius 2 is 1.15 bits per heavy atom. The fourth-order valence-electron chi connectivity index (χ4n) is 6.84. The summed E-state index contributed by atoms with van der Waals surface area (Å²) in [6.07, 6.45) is 0. The van der Waals surface area contributed by atoms with Gasteiger partial charge in [0.2, 0.25) is 0 Å². The first-order valence-electron chi connectivity index (χ1n) is 16.2. The van der Waals surface area contributed by atoms with E-state index in [1.54, 1.807) is 0 Å². The molecule has 0 bridgehead atoms. The quantitative estimate of drug-likeness (QED) is 0.183. The molecule has 2 heterocycles. The maximum atomic E-state index is 5.35. The van der Waals surface area contributed by atoms with Gasteiger partial charge in [-0.1, -0.05) is 137 Å². The van der Waals surface area contributed by atoms with Crippen molar-refractivity contribution in [1.29, 1.82) is 0 Å². The van der Waals surface area contributed by atoms with Crippen molar-refractivity contribution in [2.24, 2.45) is 0 Å². The van der Waals surface area contributed by atoms with Crippen LogP contribution in [0.4, 0.5) is 0 Å². The second-order valence-electron chi connectivity index (χ2n) is 12.8. The van der Waals surface area contributed by atoms with Crippen molar-refractivity contribution in [2.75, 3.05) is 0 Å². The van der Waals surface area contributed by atoms with Gasteiger partial charge in [-0.05, 0) is 69.5 Å². The smallest absolute Gasteiger partial charge is 0.147 e. The normalized spacial score (nSPS) is 11.9. The number of fused-ring (bicyclic) bond motifs is 4. The van der Waals surface area contributed by atoms with Crippen LogP contribution in [0.1, 0.15) is 50.7 Å². The summed E-state index contributed by atoms with van der Waals surface area (Å²) in [5.74, 6) is 1.76. The second-order valence-corrected chi connectivity index (χ2v) is 13.8. The molecule has 0 N–H and O–H groups in total. The zero-order valence-electron chi connectivity index (χ0n) is 26.7. The third kappa shape index (κ3) is 4.74. The molecular formula is C43H36N2S. The lowest BCUT2D eigenvalue weighted by atomic mass is 9.92. The molecule has 0 saturated carbocycles. The van der Waals surface area contributed by atoms with Gasteiger partial charge in [-0.15, -0.1) is 11.3 Å². The maximum absolute atomic E-state index is 5.35.